The van der Waals surface area contributed by atoms with E-state index in [9.17, 15) is 13.8 Å². The van der Waals surface area contributed by atoms with Crippen LogP contribution in [-0.2, 0) is 16.6 Å². The van der Waals surface area contributed by atoms with Crippen LogP contribution in [0.5, 0.6) is 0 Å². The van der Waals surface area contributed by atoms with Crippen molar-refractivity contribution in [1.82, 2.24) is 15.2 Å². The zero-order chi connectivity index (χ0) is 16.9. The molecule has 122 valence electrons. The highest BCUT2D eigenvalue weighted by Gasteiger charge is 2.11. The molecule has 3 N–H and O–H groups in total. The summed E-state index contributed by atoms with van der Waals surface area (Å²) in [5, 5.41) is 8.33. The largest absolute Gasteiger partial charge is 0.341 e. The van der Waals surface area contributed by atoms with Gasteiger partial charge >= 0.3 is 5.69 Å². The molecule has 0 aliphatic carbocycles. The molecule has 8 heteroatoms. The first-order valence-electron chi connectivity index (χ1n) is 7.10. The quantitative estimate of drug-likeness (QED) is 0.655. The number of carbonyl (C=O) groups excluding carboxylic acids is 1. The van der Waals surface area contributed by atoms with E-state index < -0.39 is 22.4 Å². The molecule has 0 saturated carbocycles. The number of H-pyrrole nitrogens is 2. The van der Waals surface area contributed by atoms with Gasteiger partial charge in [0.05, 0.1) is 16.6 Å². The molecule has 7 nitrogen and oxygen atoms in total. The van der Waals surface area contributed by atoms with Crippen LogP contribution in [0.2, 0.25) is 0 Å². The van der Waals surface area contributed by atoms with Crippen LogP contribution in [0.15, 0.2) is 64.3 Å². The fourth-order valence-electron chi connectivity index (χ4n) is 2.11. The maximum absolute atomic E-state index is 12.3. The van der Waals surface area contributed by atoms with Gasteiger partial charge < -0.3 is 5.32 Å². The van der Waals surface area contributed by atoms with Gasteiger partial charge in [-0.3, -0.25) is 14.0 Å². The minimum absolute atomic E-state index is 0.0988. The van der Waals surface area contributed by atoms with E-state index in [1.807, 2.05) is 36.4 Å². The summed E-state index contributed by atoms with van der Waals surface area (Å²) < 4.78 is 12.3. The Labute approximate surface area is 139 Å². The van der Waals surface area contributed by atoms with Crippen molar-refractivity contribution in [2.24, 2.45) is 0 Å². The molecular weight excluding hydrogens is 328 g/mol. The Morgan fingerprint density at radius 1 is 1.12 bits per heavy atom. The monoisotopic (exact) mass is 342 g/mol. The van der Waals surface area contributed by atoms with Crippen LogP contribution >= 0.6 is 0 Å². The molecule has 1 aromatic heterocycles. The Kier molecular flexibility index (Phi) is 4.66. The molecule has 1 heterocycles. The molecule has 0 fully saturated rings. The van der Waals surface area contributed by atoms with E-state index in [4.69, 9.17) is 0 Å². The zero-order valence-corrected chi connectivity index (χ0v) is 13.3. The van der Waals surface area contributed by atoms with E-state index in [1.165, 1.54) is 0 Å². The van der Waals surface area contributed by atoms with Gasteiger partial charge in [-0.05, 0) is 29.8 Å². The number of rotatable bonds is 5. The predicted molar refractivity (Wildman–Crippen MR) is 90.2 cm³/mol. The second-order valence-corrected chi connectivity index (χ2v) is 6.43. The first kappa shape index (κ1) is 15.9. The Morgan fingerprint density at radius 2 is 1.92 bits per heavy atom. The van der Waals surface area contributed by atoms with E-state index in [0.29, 0.717) is 11.4 Å². The lowest BCUT2D eigenvalue weighted by Gasteiger charge is -2.06. The van der Waals surface area contributed by atoms with Gasteiger partial charge in [0.1, 0.15) is 0 Å². The number of benzene rings is 2. The molecule has 1 amide bonds. The molecule has 0 aliphatic rings. The normalized spacial score (nSPS) is 11.8. The summed E-state index contributed by atoms with van der Waals surface area (Å²) in [5.74, 6) is -0.291. The SMILES string of the molecule is O=C(Nc1cccc(CS(=O)c2ccccc2)c1)c1n[nH]c(=O)[nH]1. The average molecular weight is 342 g/mol. The van der Waals surface area contributed by atoms with Crippen molar-refractivity contribution in [3.05, 3.63) is 76.5 Å². The summed E-state index contributed by atoms with van der Waals surface area (Å²) in [6.45, 7) is 0. The molecule has 3 rings (SSSR count). The third-order valence-corrected chi connectivity index (χ3v) is 4.60. The van der Waals surface area contributed by atoms with Gasteiger partial charge in [-0.15, -0.1) is 5.10 Å². The van der Waals surface area contributed by atoms with Gasteiger partial charge in [-0.1, -0.05) is 30.3 Å². The lowest BCUT2D eigenvalue weighted by molar-refractivity contribution is 0.101. The van der Waals surface area contributed by atoms with Crippen molar-refractivity contribution in [2.75, 3.05) is 5.32 Å². The Hall–Kier alpha value is -3.00. The number of carbonyl (C=O) groups is 1. The van der Waals surface area contributed by atoms with Crippen molar-refractivity contribution in [2.45, 2.75) is 10.6 Å². The van der Waals surface area contributed by atoms with E-state index in [2.05, 4.69) is 20.5 Å². The van der Waals surface area contributed by atoms with Crippen molar-refractivity contribution in [3.8, 4) is 0 Å². The molecular formula is C16H14N4O3S. The van der Waals surface area contributed by atoms with Gasteiger partial charge in [0.25, 0.3) is 5.91 Å². The Bertz CT molecular complexity index is 934. The first-order chi connectivity index (χ1) is 11.6. The second-order valence-electron chi connectivity index (χ2n) is 4.98. The van der Waals surface area contributed by atoms with Gasteiger partial charge in [0, 0.05) is 10.6 Å². The average Bonchev–Trinajstić information content (AvgIpc) is 3.02. The fourth-order valence-corrected chi connectivity index (χ4v) is 3.22. The van der Waals surface area contributed by atoms with Crippen molar-refractivity contribution < 1.29 is 9.00 Å². The summed E-state index contributed by atoms with van der Waals surface area (Å²) in [6, 6.07) is 16.2. The van der Waals surface area contributed by atoms with E-state index in [1.54, 1.807) is 18.2 Å². The van der Waals surface area contributed by atoms with Crippen molar-refractivity contribution >= 4 is 22.4 Å². The van der Waals surface area contributed by atoms with Crippen LogP contribution in [0.1, 0.15) is 16.2 Å². The van der Waals surface area contributed by atoms with E-state index >= 15 is 0 Å². The smallest absolute Gasteiger partial charge is 0.319 e. The number of aromatic amines is 2. The summed E-state index contributed by atoms with van der Waals surface area (Å²) in [6.07, 6.45) is 0. The highest BCUT2D eigenvalue weighted by atomic mass is 32.2. The molecule has 0 spiro atoms. The van der Waals surface area contributed by atoms with Crippen LogP contribution in [0.3, 0.4) is 0 Å². The molecule has 2 aromatic carbocycles. The Morgan fingerprint density at radius 3 is 2.62 bits per heavy atom. The van der Waals surface area contributed by atoms with Gasteiger partial charge in [0.2, 0.25) is 5.82 Å². The standard InChI is InChI=1S/C16H14N4O3S/c21-15(14-18-16(22)20-19-14)17-12-6-4-5-11(9-12)10-24(23)13-7-2-1-3-8-13/h1-9H,10H2,(H,17,21)(H2,18,19,20,22). The first-order valence-corrected chi connectivity index (χ1v) is 8.42. The number of hydrogen-bond donors (Lipinski definition) is 3. The van der Waals surface area contributed by atoms with Gasteiger partial charge in [0.15, 0.2) is 0 Å². The molecule has 3 aromatic rings. The maximum atomic E-state index is 12.3. The van der Waals surface area contributed by atoms with Crippen LogP contribution in [0.4, 0.5) is 5.69 Å². The van der Waals surface area contributed by atoms with E-state index in [-0.39, 0.29) is 5.82 Å². The number of aromatic nitrogens is 3. The molecule has 1 unspecified atom stereocenters. The van der Waals surface area contributed by atoms with Gasteiger partial charge in [-0.25, -0.2) is 9.89 Å². The minimum atomic E-state index is -1.17. The number of amides is 1. The van der Waals surface area contributed by atoms with Crippen LogP contribution < -0.4 is 11.0 Å². The van der Waals surface area contributed by atoms with Gasteiger partial charge in [-0.2, -0.15) is 0 Å². The van der Waals surface area contributed by atoms with Crippen LogP contribution in [-0.4, -0.2) is 25.3 Å². The minimum Gasteiger partial charge on any atom is -0.319 e. The van der Waals surface area contributed by atoms with Crippen molar-refractivity contribution in [1.29, 1.82) is 0 Å². The summed E-state index contributed by atoms with van der Waals surface area (Å²) in [4.78, 5) is 26.0. The molecule has 0 bridgehead atoms. The van der Waals surface area contributed by atoms with Crippen LogP contribution in [0.25, 0.3) is 0 Å². The Balaban J connectivity index is 1.71. The topological polar surface area (TPSA) is 108 Å². The number of nitrogens with one attached hydrogen (secondary N) is 3. The second kappa shape index (κ2) is 7.05. The molecule has 1 atom stereocenters. The lowest BCUT2D eigenvalue weighted by atomic mass is 10.2. The zero-order valence-electron chi connectivity index (χ0n) is 12.5. The summed E-state index contributed by atoms with van der Waals surface area (Å²) in [7, 11) is -1.17. The number of nitrogens with zero attached hydrogens (tertiary/aromatic N) is 1. The molecule has 0 aliphatic heterocycles. The summed E-state index contributed by atoms with van der Waals surface area (Å²) in [5.41, 5.74) is 0.809. The predicted octanol–water partition coefficient (Wildman–Crippen LogP) is 1.66. The highest BCUT2D eigenvalue weighted by molar-refractivity contribution is 7.84. The maximum Gasteiger partial charge on any atom is 0.341 e. The molecule has 0 radical (unpaired) electrons. The lowest BCUT2D eigenvalue weighted by Crippen LogP contribution is -2.15. The fraction of sp³-hybridized carbons (Fsp3) is 0.0625. The third kappa shape index (κ3) is 3.85. The summed E-state index contributed by atoms with van der Waals surface area (Å²) >= 11 is 0. The highest BCUT2D eigenvalue weighted by Crippen LogP contribution is 2.16. The third-order valence-electron chi connectivity index (χ3n) is 3.20. The van der Waals surface area contributed by atoms with Crippen LogP contribution in [0, 0.1) is 0 Å². The molecule has 0 saturated heterocycles. The van der Waals surface area contributed by atoms with Crippen molar-refractivity contribution in [3.63, 3.8) is 0 Å². The van der Waals surface area contributed by atoms with E-state index in [0.717, 1.165) is 10.5 Å². The number of hydrogen-bond acceptors (Lipinski definition) is 4. The molecule has 24 heavy (non-hydrogen) atoms. The number of anilines is 1.